The Morgan fingerprint density at radius 2 is 1.00 bits per heavy atom. The summed E-state index contributed by atoms with van der Waals surface area (Å²) in [4.78, 5) is 131. The second kappa shape index (κ2) is 69.7. The van der Waals surface area contributed by atoms with Crippen molar-refractivity contribution in [1.82, 2.24) is 42.3 Å². The monoisotopic (exact) mass is 1780 g/mol. The van der Waals surface area contributed by atoms with Crippen molar-refractivity contribution in [2.75, 3.05) is 94.8 Å². The minimum absolute atomic E-state index is 0.0359. The highest BCUT2D eigenvalue weighted by Crippen LogP contribution is 2.33. The molecule has 0 radical (unpaired) electrons. The average Bonchev–Trinajstić information content (AvgIpc) is 1.65. The van der Waals surface area contributed by atoms with E-state index in [1.165, 1.54) is 116 Å². The van der Waals surface area contributed by atoms with Crippen LogP contribution >= 0.6 is 23.5 Å². The molecule has 4 aliphatic rings. The number of hydrogen-bond acceptors (Lipinski definition) is 30. The van der Waals surface area contributed by atoms with Crippen molar-refractivity contribution in [2.24, 2.45) is 11.7 Å². The van der Waals surface area contributed by atoms with Crippen LogP contribution in [0.5, 0.6) is 11.5 Å². The topological polar surface area (TPSA) is 567 Å². The SMILES string of the molecule is C=C/C=C/C(=O)NCC.C=C/C=C/C(=O)NCC.C=CC(=O)NCC.CCN.CCNC(=O)/C=[N+](\C)O.CCNC(=O)/C=[N+](\C)[O-].CCNC(=O)C1C=C(C#N)ON1C.CCNC(=O)C1C=CCC(C#N)=C1.CCSC1CC(=O)N(c2cccc(OS(=O)(=O)O/C=C/C#N)c2)C1=O.CCSC1CC(=O)N(c2cccc(OS(=O)(=O)O/C=C/C#N)c2)C1=O. The molecule has 2 aromatic carbocycles. The Kier molecular flexibility index (Phi) is 65.8. The predicted molar refractivity (Wildman–Crippen MR) is 463 cm³/mol. The zero-order chi connectivity index (χ0) is 93.6. The number of hydroxylamine groups is 4. The van der Waals surface area contributed by atoms with Gasteiger partial charge in [-0.15, -0.1) is 45.4 Å². The normalized spacial score (nSPS) is 15.4. The number of carbonyl (C=O) groups excluding carboxylic acids is 11. The Labute approximate surface area is 721 Å². The molecule has 0 saturated carbocycles. The highest BCUT2D eigenvalue weighted by atomic mass is 32.3. The van der Waals surface area contributed by atoms with E-state index in [2.05, 4.69) is 71.4 Å². The molecule has 3 heterocycles. The third-order valence-electron chi connectivity index (χ3n) is 13.0. The number of thioether (sulfide) groups is 2. The zero-order valence-electron chi connectivity index (χ0n) is 70.3. The summed E-state index contributed by atoms with van der Waals surface area (Å²) in [5.74, 6) is -1.44. The number of carbonyl (C=O) groups is 11. The smallest absolute Gasteiger partial charge is 0.500 e. The van der Waals surface area contributed by atoms with Gasteiger partial charge in [0.2, 0.25) is 65.1 Å². The summed E-state index contributed by atoms with van der Waals surface area (Å²) in [6.45, 7) is 33.8. The molecule has 0 spiro atoms. The first-order chi connectivity index (χ1) is 57.9. The number of anilines is 2. The fraction of sp³-hybridized carbons (Fsp3) is 0.380. The van der Waals surface area contributed by atoms with Gasteiger partial charge in [-0.2, -0.15) is 21.0 Å². The number of hydrogen-bond donors (Lipinski definition) is 9. The molecule has 122 heavy (non-hydrogen) atoms. The fourth-order valence-electron chi connectivity index (χ4n) is 8.38. The summed E-state index contributed by atoms with van der Waals surface area (Å²) in [6.07, 6.45) is 23.2. The molecule has 2 saturated heterocycles. The van der Waals surface area contributed by atoms with Crippen LogP contribution in [0.4, 0.5) is 11.4 Å². The van der Waals surface area contributed by atoms with E-state index in [4.69, 9.17) is 45.2 Å². The van der Waals surface area contributed by atoms with E-state index >= 15 is 0 Å². The summed E-state index contributed by atoms with van der Waals surface area (Å²) < 4.78 is 65.8. The predicted octanol–water partition coefficient (Wildman–Crippen LogP) is 4.98. The van der Waals surface area contributed by atoms with Gasteiger partial charge >= 0.3 is 32.6 Å². The van der Waals surface area contributed by atoms with Crippen molar-refractivity contribution < 1.29 is 106 Å². The van der Waals surface area contributed by atoms with Crippen molar-refractivity contribution in [3.63, 3.8) is 0 Å². The molecule has 666 valence electrons. The molecule has 43 heteroatoms. The maximum Gasteiger partial charge on any atom is 0.500 e. The molecule has 2 aromatic rings. The van der Waals surface area contributed by atoms with Gasteiger partial charge in [-0.05, 0) is 102 Å². The van der Waals surface area contributed by atoms with Crippen molar-refractivity contribution in [1.29, 1.82) is 21.0 Å². The lowest BCUT2D eigenvalue weighted by molar-refractivity contribution is -0.750. The number of nitrogens with one attached hydrogen (secondary N) is 7. The molecule has 4 unspecified atom stereocenters. The molecule has 4 atom stereocenters. The van der Waals surface area contributed by atoms with Gasteiger partial charge in [-0.3, -0.25) is 57.9 Å². The quantitative estimate of drug-likeness (QED) is 0.00425. The van der Waals surface area contributed by atoms with Crippen molar-refractivity contribution >= 4 is 133 Å². The van der Waals surface area contributed by atoms with E-state index in [1.54, 1.807) is 56.5 Å². The Morgan fingerprint density at radius 1 is 0.607 bits per heavy atom. The van der Waals surface area contributed by atoms with Crippen LogP contribution in [0, 0.1) is 56.4 Å². The van der Waals surface area contributed by atoms with Crippen LogP contribution in [0.25, 0.3) is 0 Å². The molecular weight excluding hydrogens is 1670 g/mol. The lowest BCUT2D eigenvalue weighted by Crippen LogP contribution is -2.40. The number of amides is 11. The van der Waals surface area contributed by atoms with Crippen LogP contribution in [-0.2, 0) is 86.7 Å². The standard InChI is InChI=1S/2C15H14N2O6S2.C10H12N2O.C8H11N3O2.2C7H11NO.2C5H10N2O2.C5H9NO.C2H7N/c2*1-2-24-13-10-14(18)17(15(13)19)11-5-3-6-12(9-11)23-25(20,21)22-8-4-7-16;1-2-12-10(13)9-5-3-4-8(6-9)7-11;1-3-10-8(12)7-4-6(5-9)13-11(7)2;2*1-3-5-6-7(9)8-4-2;2*1-3-6-5(8)4-7(2)9;1-3-5(7)6-4-2;1-2-3/h2*3-6,8-9,13H,2,10H2,1H3;3,5-6,9H,2,4H2,1H3,(H,12,13);4,7H,3H2,1-2H3,(H,10,12);2*3,5-6H,1,4H2,2H3,(H,8,9);4H,3H2,1-2H3,(H-,6,8,9);4H,3H2,1-2H3,(H,6,8);3H,1,4H2,2H3,(H,6,7);2-3H2,1H3/p+1/b2*8-4+;;;2*6-5+;;7-4+;;. The van der Waals surface area contributed by atoms with Gasteiger partial charge in [0.25, 0.3) is 6.21 Å². The first-order valence-corrected chi connectivity index (χ1v) is 41.8. The lowest BCUT2D eigenvalue weighted by Gasteiger charge is -2.15. The molecule has 3 aliphatic heterocycles. The summed E-state index contributed by atoms with van der Waals surface area (Å²) in [5.41, 5.74) is 5.95. The van der Waals surface area contributed by atoms with E-state index in [1.807, 2.05) is 80.5 Å². The van der Waals surface area contributed by atoms with Crippen molar-refractivity contribution in [3.8, 4) is 35.8 Å². The lowest BCUT2D eigenvalue weighted by atomic mass is 9.97. The summed E-state index contributed by atoms with van der Waals surface area (Å²) in [6, 6.07) is 17.6. The fourth-order valence-corrected chi connectivity index (χ4v) is 11.3. The third-order valence-corrected chi connectivity index (χ3v) is 16.7. The van der Waals surface area contributed by atoms with Gasteiger partial charge < -0.3 is 69.7 Å². The number of imide groups is 2. The van der Waals surface area contributed by atoms with E-state index in [9.17, 15) is 74.8 Å². The number of nitrogens with two attached hydrogens (primary N) is 1. The van der Waals surface area contributed by atoms with Crippen molar-refractivity contribution in [3.05, 3.63) is 176 Å². The van der Waals surface area contributed by atoms with Gasteiger partial charge in [-0.1, -0.05) is 95.2 Å². The Morgan fingerprint density at radius 3 is 1.34 bits per heavy atom. The Bertz CT molecular complexity index is 4250. The first-order valence-electron chi connectivity index (χ1n) is 37.1. The van der Waals surface area contributed by atoms with E-state index < -0.39 is 37.3 Å². The summed E-state index contributed by atoms with van der Waals surface area (Å²) in [5, 5.41) is 70.8. The van der Waals surface area contributed by atoms with Crippen LogP contribution in [0.1, 0.15) is 88.5 Å². The van der Waals surface area contributed by atoms with E-state index in [0.717, 1.165) is 40.9 Å². The minimum Gasteiger partial charge on any atom is -0.624 e. The van der Waals surface area contributed by atoms with Gasteiger partial charge in [0, 0.05) is 108 Å². The second-order valence-electron chi connectivity index (χ2n) is 22.6. The number of nitriles is 4. The Balaban J connectivity index is -0.000000665. The average molecular weight is 1780 g/mol. The highest BCUT2D eigenvalue weighted by Gasteiger charge is 2.41. The number of rotatable bonds is 30. The van der Waals surface area contributed by atoms with Crippen LogP contribution < -0.4 is 61.1 Å². The van der Waals surface area contributed by atoms with Crippen LogP contribution in [0.2, 0.25) is 0 Å². The molecule has 0 aromatic heterocycles. The zero-order valence-corrected chi connectivity index (χ0v) is 73.6. The third kappa shape index (κ3) is 54.8. The molecule has 11 amide bonds. The summed E-state index contributed by atoms with van der Waals surface area (Å²) >= 11 is 2.76. The molecule has 39 nitrogen and oxygen atoms in total. The number of benzene rings is 2. The maximum atomic E-state index is 12.3. The number of likely N-dealkylation sites (N-methyl/N-ethyl adjacent to an activating group) is 5. The van der Waals surface area contributed by atoms with Crippen LogP contribution in [0.15, 0.2) is 171 Å². The van der Waals surface area contributed by atoms with Gasteiger partial charge in [0.15, 0.2) is 7.05 Å². The van der Waals surface area contributed by atoms with Gasteiger partial charge in [0.1, 0.15) is 43.2 Å². The van der Waals surface area contributed by atoms with Crippen molar-refractivity contribution in [2.45, 2.75) is 105 Å². The number of allylic oxidation sites excluding steroid dienone is 9. The Hall–Kier alpha value is -13.2. The molecule has 0 bridgehead atoms. The van der Waals surface area contributed by atoms with Crippen LogP contribution in [0.3, 0.4) is 0 Å². The summed E-state index contributed by atoms with van der Waals surface area (Å²) in [7, 11) is -4.61. The van der Waals surface area contributed by atoms with Gasteiger partial charge in [-0.25, -0.2) is 14.5 Å². The first kappa shape index (κ1) is 115. The highest BCUT2D eigenvalue weighted by molar-refractivity contribution is 8.00. The maximum absolute atomic E-state index is 12.3. The van der Waals surface area contributed by atoms with E-state index in [0.29, 0.717) is 91.3 Å². The van der Waals surface area contributed by atoms with E-state index in [-0.39, 0.29) is 112 Å². The van der Waals surface area contributed by atoms with Crippen LogP contribution in [-0.4, -0.2) is 216 Å². The molecule has 2 fully saturated rings. The largest absolute Gasteiger partial charge is 0.624 e. The minimum atomic E-state index is -4.42. The molecular formula is C79H110N17O22S4+. The molecule has 6 rings (SSSR count). The molecule has 1 aliphatic carbocycles. The second-order valence-corrected chi connectivity index (χ2v) is 27.9. The van der Waals surface area contributed by atoms with Gasteiger partial charge in [0.05, 0.1) is 58.2 Å². The number of nitrogens with zero attached hydrogens (tertiary/aromatic N) is 9. The molecule has 10 N–H and O–H groups in total.